The van der Waals surface area contributed by atoms with E-state index >= 15 is 0 Å². The highest BCUT2D eigenvalue weighted by molar-refractivity contribution is 5.49. The Balaban J connectivity index is 1.62. The van der Waals surface area contributed by atoms with Crippen LogP contribution in [0.2, 0.25) is 0 Å². The van der Waals surface area contributed by atoms with Crippen molar-refractivity contribution in [1.82, 2.24) is 9.97 Å². The lowest BCUT2D eigenvalue weighted by Gasteiger charge is -2.38. The molecule has 0 atom stereocenters. The van der Waals surface area contributed by atoms with Gasteiger partial charge in [0.05, 0.1) is 13.2 Å². The molecular weight excluding hydrogens is 292 g/mol. The van der Waals surface area contributed by atoms with Gasteiger partial charge in [0.25, 0.3) is 0 Å². The third kappa shape index (κ3) is 4.12. The summed E-state index contributed by atoms with van der Waals surface area (Å²) in [6.45, 7) is 10.6. The van der Waals surface area contributed by atoms with Crippen molar-refractivity contribution in [3.8, 4) is 0 Å². The predicted molar refractivity (Wildman–Crippen MR) is 90.8 cm³/mol. The molecule has 6 nitrogen and oxygen atoms in total. The van der Waals surface area contributed by atoms with Crippen LogP contribution in [0.15, 0.2) is 6.07 Å². The second-order valence-electron chi connectivity index (χ2n) is 6.86. The van der Waals surface area contributed by atoms with Crippen LogP contribution in [0.4, 0.5) is 11.6 Å². The third-order valence-electron chi connectivity index (χ3n) is 4.52. The first-order valence-electron chi connectivity index (χ1n) is 8.69. The number of aryl methyl sites for hydroxylation is 1. The quantitative estimate of drug-likeness (QED) is 0.900. The van der Waals surface area contributed by atoms with Crippen LogP contribution in [0.5, 0.6) is 0 Å². The molecule has 0 radical (unpaired) electrons. The van der Waals surface area contributed by atoms with E-state index < -0.39 is 0 Å². The maximum absolute atomic E-state index is 5.79. The smallest absolute Gasteiger partial charge is 0.171 e. The predicted octanol–water partition coefficient (Wildman–Crippen LogP) is 2.59. The van der Waals surface area contributed by atoms with Crippen molar-refractivity contribution >= 4 is 11.6 Å². The van der Waals surface area contributed by atoms with Gasteiger partial charge >= 0.3 is 0 Å². The zero-order valence-corrected chi connectivity index (χ0v) is 14.5. The molecule has 1 spiro atoms. The van der Waals surface area contributed by atoms with Gasteiger partial charge in [-0.15, -0.1) is 0 Å². The molecule has 3 heterocycles. The van der Waals surface area contributed by atoms with Gasteiger partial charge in [-0.25, -0.2) is 9.97 Å². The minimum Gasteiger partial charge on any atom is -0.370 e. The number of hydrogen-bond acceptors (Lipinski definition) is 6. The van der Waals surface area contributed by atoms with Crippen molar-refractivity contribution in [2.75, 3.05) is 43.1 Å². The average molecular weight is 320 g/mol. The number of aromatic nitrogens is 2. The van der Waals surface area contributed by atoms with E-state index in [9.17, 15) is 0 Å². The Morgan fingerprint density at radius 3 is 2.57 bits per heavy atom. The molecule has 6 heteroatoms. The number of nitrogens with zero attached hydrogens (tertiary/aromatic N) is 3. The van der Waals surface area contributed by atoms with E-state index in [0.717, 1.165) is 69.6 Å². The summed E-state index contributed by atoms with van der Waals surface area (Å²) in [7, 11) is 0. The summed E-state index contributed by atoms with van der Waals surface area (Å²) in [6, 6.07) is 2.06. The maximum atomic E-state index is 5.79. The van der Waals surface area contributed by atoms with Gasteiger partial charge in [-0.05, 0) is 19.3 Å². The summed E-state index contributed by atoms with van der Waals surface area (Å²) in [5, 5.41) is 3.42. The van der Waals surface area contributed by atoms with Gasteiger partial charge in [-0.3, -0.25) is 0 Å². The first-order valence-corrected chi connectivity index (χ1v) is 8.69. The fourth-order valence-electron chi connectivity index (χ4n) is 3.16. The Morgan fingerprint density at radius 1 is 1.22 bits per heavy atom. The molecule has 2 fully saturated rings. The molecular formula is C17H28N4O2. The van der Waals surface area contributed by atoms with Crippen molar-refractivity contribution < 1.29 is 9.47 Å². The lowest BCUT2D eigenvalue weighted by molar-refractivity contribution is -0.169. The van der Waals surface area contributed by atoms with Gasteiger partial charge in [-0.2, -0.15) is 0 Å². The van der Waals surface area contributed by atoms with Crippen LogP contribution in [-0.4, -0.2) is 48.6 Å². The molecule has 0 amide bonds. The van der Waals surface area contributed by atoms with Gasteiger partial charge in [0.15, 0.2) is 5.79 Å². The van der Waals surface area contributed by atoms with Crippen LogP contribution in [-0.2, 0) is 9.47 Å². The molecule has 2 saturated heterocycles. The van der Waals surface area contributed by atoms with E-state index in [-0.39, 0.29) is 5.79 Å². The van der Waals surface area contributed by atoms with Crippen LogP contribution < -0.4 is 10.2 Å². The molecule has 23 heavy (non-hydrogen) atoms. The highest BCUT2D eigenvalue weighted by Crippen LogP contribution is 2.33. The second kappa shape index (κ2) is 7.01. The van der Waals surface area contributed by atoms with E-state index in [2.05, 4.69) is 40.1 Å². The fraction of sp³-hybridized carbons (Fsp3) is 0.765. The molecule has 2 aliphatic heterocycles. The fourth-order valence-corrected chi connectivity index (χ4v) is 3.16. The summed E-state index contributed by atoms with van der Waals surface area (Å²) in [6.07, 6.45) is 2.93. The van der Waals surface area contributed by atoms with Crippen molar-refractivity contribution in [2.45, 2.75) is 45.8 Å². The monoisotopic (exact) mass is 320 g/mol. The van der Waals surface area contributed by atoms with Crippen LogP contribution in [0.1, 0.15) is 38.9 Å². The Labute approximate surface area is 138 Å². The van der Waals surface area contributed by atoms with Crippen LogP contribution in [0.3, 0.4) is 0 Å². The summed E-state index contributed by atoms with van der Waals surface area (Å²) in [4.78, 5) is 11.4. The van der Waals surface area contributed by atoms with Gasteiger partial charge in [0.1, 0.15) is 17.5 Å². The van der Waals surface area contributed by atoms with Gasteiger partial charge in [-0.1, -0.05) is 13.8 Å². The summed E-state index contributed by atoms with van der Waals surface area (Å²) >= 11 is 0. The van der Waals surface area contributed by atoms with E-state index in [1.807, 2.05) is 6.92 Å². The number of ether oxygens (including phenoxy) is 2. The number of nitrogens with one attached hydrogen (secondary N) is 1. The Bertz CT molecular complexity index is 519. The standard InChI is InChI=1S/C17H28N4O2/c1-13(2)4-7-18-15-12-16(20-14(3)19-15)21-8-5-17(6-9-21)22-10-11-23-17/h12-13H,4-11H2,1-3H3,(H,18,19,20). The number of anilines is 2. The number of rotatable bonds is 5. The molecule has 1 aromatic rings. The number of hydrogen-bond donors (Lipinski definition) is 1. The lowest BCUT2D eigenvalue weighted by Crippen LogP contribution is -2.45. The largest absolute Gasteiger partial charge is 0.370 e. The zero-order chi connectivity index (χ0) is 16.3. The van der Waals surface area contributed by atoms with Crippen molar-refractivity contribution in [3.05, 3.63) is 11.9 Å². The maximum Gasteiger partial charge on any atom is 0.171 e. The Morgan fingerprint density at radius 2 is 1.91 bits per heavy atom. The van der Waals surface area contributed by atoms with E-state index in [0.29, 0.717) is 5.92 Å². The minimum absolute atomic E-state index is 0.336. The van der Waals surface area contributed by atoms with Gasteiger partial charge in [0, 0.05) is 38.5 Å². The lowest BCUT2D eigenvalue weighted by atomic mass is 10.0. The Hall–Kier alpha value is -1.40. The Kier molecular flexibility index (Phi) is 5.02. The van der Waals surface area contributed by atoms with Crippen LogP contribution in [0, 0.1) is 12.8 Å². The molecule has 1 N–H and O–H groups in total. The third-order valence-corrected chi connectivity index (χ3v) is 4.52. The zero-order valence-electron chi connectivity index (χ0n) is 14.5. The van der Waals surface area contributed by atoms with E-state index in [4.69, 9.17) is 9.47 Å². The number of piperidine rings is 1. The minimum atomic E-state index is -0.336. The highest BCUT2D eigenvalue weighted by Gasteiger charge is 2.40. The summed E-state index contributed by atoms with van der Waals surface area (Å²) < 4.78 is 11.6. The van der Waals surface area contributed by atoms with Crippen molar-refractivity contribution in [1.29, 1.82) is 0 Å². The van der Waals surface area contributed by atoms with E-state index in [1.165, 1.54) is 0 Å². The van der Waals surface area contributed by atoms with E-state index in [1.54, 1.807) is 0 Å². The highest BCUT2D eigenvalue weighted by atomic mass is 16.7. The summed E-state index contributed by atoms with van der Waals surface area (Å²) in [5.41, 5.74) is 0. The average Bonchev–Trinajstić information content (AvgIpc) is 2.95. The molecule has 0 saturated carbocycles. The molecule has 0 bridgehead atoms. The first kappa shape index (κ1) is 16.5. The van der Waals surface area contributed by atoms with Gasteiger partial charge < -0.3 is 19.7 Å². The van der Waals surface area contributed by atoms with Gasteiger partial charge in [0.2, 0.25) is 0 Å². The molecule has 1 aromatic heterocycles. The molecule has 2 aliphatic rings. The van der Waals surface area contributed by atoms with Crippen LogP contribution in [0.25, 0.3) is 0 Å². The second-order valence-corrected chi connectivity index (χ2v) is 6.86. The summed E-state index contributed by atoms with van der Waals surface area (Å²) in [5.74, 6) is 3.08. The first-order chi connectivity index (χ1) is 11.1. The van der Waals surface area contributed by atoms with Crippen LogP contribution >= 0.6 is 0 Å². The van der Waals surface area contributed by atoms with Crippen molar-refractivity contribution in [2.24, 2.45) is 5.92 Å². The van der Waals surface area contributed by atoms with Crippen molar-refractivity contribution in [3.63, 3.8) is 0 Å². The molecule has 3 rings (SSSR count). The molecule has 128 valence electrons. The SMILES string of the molecule is Cc1nc(NCCC(C)C)cc(N2CCC3(CC2)OCCO3)n1. The topological polar surface area (TPSA) is 59.5 Å². The normalized spacial score (nSPS) is 20.4. The molecule has 0 unspecified atom stereocenters. The molecule has 0 aliphatic carbocycles. The molecule has 0 aromatic carbocycles.